The summed E-state index contributed by atoms with van der Waals surface area (Å²) in [5.41, 5.74) is 4.65. The molecule has 1 fully saturated rings. The van der Waals surface area contributed by atoms with E-state index in [4.69, 9.17) is 11.6 Å². The summed E-state index contributed by atoms with van der Waals surface area (Å²) in [7, 11) is 1.76. The van der Waals surface area contributed by atoms with Gasteiger partial charge in [0.1, 0.15) is 0 Å². The number of amides is 2. The van der Waals surface area contributed by atoms with E-state index in [1.165, 1.54) is 17.4 Å². The minimum Gasteiger partial charge on any atom is -0.369 e. The first kappa shape index (κ1) is 27.3. The second-order valence-electron chi connectivity index (χ2n) is 9.99. The Bertz CT molecular complexity index is 1400. The van der Waals surface area contributed by atoms with Crippen LogP contribution >= 0.6 is 23.4 Å². The van der Waals surface area contributed by atoms with Crippen molar-refractivity contribution in [2.75, 3.05) is 56.1 Å². The molecule has 2 aliphatic heterocycles. The third kappa shape index (κ3) is 6.67. The summed E-state index contributed by atoms with van der Waals surface area (Å²) < 4.78 is 0. The van der Waals surface area contributed by atoms with E-state index in [2.05, 4.69) is 27.2 Å². The van der Waals surface area contributed by atoms with Gasteiger partial charge < -0.3 is 15.1 Å². The van der Waals surface area contributed by atoms with Crippen LogP contribution in [0.3, 0.4) is 0 Å². The largest absolute Gasteiger partial charge is 0.369 e. The Morgan fingerprint density at radius 2 is 1.82 bits per heavy atom. The van der Waals surface area contributed by atoms with Gasteiger partial charge in [0.25, 0.3) is 11.8 Å². The maximum absolute atomic E-state index is 13.1. The lowest BCUT2D eigenvalue weighted by Crippen LogP contribution is -2.47. The van der Waals surface area contributed by atoms with Gasteiger partial charge in [0.2, 0.25) is 0 Å². The van der Waals surface area contributed by atoms with Gasteiger partial charge >= 0.3 is 0 Å². The van der Waals surface area contributed by atoms with Gasteiger partial charge in [0, 0.05) is 60.9 Å². The van der Waals surface area contributed by atoms with E-state index in [1.54, 1.807) is 11.9 Å². The normalized spacial score (nSPS) is 16.9. The molecular formula is C31H33ClN4O2S. The van der Waals surface area contributed by atoms with Crippen molar-refractivity contribution in [1.29, 1.82) is 0 Å². The average molecular weight is 561 g/mol. The molecule has 0 atom stereocenters. The summed E-state index contributed by atoms with van der Waals surface area (Å²) in [6.07, 6.45) is 2.81. The zero-order chi connectivity index (χ0) is 27.4. The highest BCUT2D eigenvalue weighted by atomic mass is 35.5. The molecule has 39 heavy (non-hydrogen) atoms. The van der Waals surface area contributed by atoms with Crippen LogP contribution in [0.1, 0.15) is 27.9 Å². The van der Waals surface area contributed by atoms with Gasteiger partial charge in [0.15, 0.2) is 0 Å². The molecule has 2 amide bonds. The third-order valence-corrected chi connectivity index (χ3v) is 8.45. The molecule has 3 aromatic rings. The van der Waals surface area contributed by atoms with Gasteiger partial charge in [-0.3, -0.25) is 14.5 Å². The minimum absolute atomic E-state index is 0.0676. The van der Waals surface area contributed by atoms with Crippen LogP contribution in [0.25, 0.3) is 6.08 Å². The molecule has 0 unspecified atom stereocenters. The van der Waals surface area contributed by atoms with Gasteiger partial charge in [-0.2, -0.15) is 0 Å². The molecule has 1 N–H and O–H groups in total. The number of carbonyl (C=O) groups is 2. The van der Waals surface area contributed by atoms with Crippen LogP contribution < -0.4 is 15.1 Å². The van der Waals surface area contributed by atoms with Gasteiger partial charge in [0.05, 0.1) is 10.6 Å². The molecule has 202 valence electrons. The minimum atomic E-state index is -0.115. The number of carbonyl (C=O) groups excluding carboxylic acids is 2. The zero-order valence-corrected chi connectivity index (χ0v) is 23.9. The molecular weight excluding hydrogens is 528 g/mol. The lowest BCUT2D eigenvalue weighted by atomic mass is 10.1. The van der Waals surface area contributed by atoms with Crippen molar-refractivity contribution in [3.8, 4) is 0 Å². The van der Waals surface area contributed by atoms with Gasteiger partial charge in [-0.15, -0.1) is 0 Å². The molecule has 0 radical (unpaired) electrons. The molecule has 3 aromatic carbocycles. The van der Waals surface area contributed by atoms with Crippen LogP contribution in [-0.2, 0) is 4.79 Å². The number of rotatable bonds is 7. The van der Waals surface area contributed by atoms with Crippen molar-refractivity contribution >= 4 is 52.6 Å². The first-order valence-electron chi connectivity index (χ1n) is 13.3. The number of halogens is 1. The highest BCUT2D eigenvalue weighted by molar-refractivity contribution is 8.04. The molecule has 0 aliphatic carbocycles. The molecule has 0 spiro atoms. The smallest absolute Gasteiger partial charge is 0.264 e. The quantitative estimate of drug-likeness (QED) is 0.297. The van der Waals surface area contributed by atoms with Gasteiger partial charge in [-0.1, -0.05) is 59.3 Å². The Morgan fingerprint density at radius 1 is 1.03 bits per heavy atom. The van der Waals surface area contributed by atoms with Gasteiger partial charge in [-0.05, 0) is 67.9 Å². The highest BCUT2D eigenvalue weighted by Crippen LogP contribution is 2.42. The van der Waals surface area contributed by atoms with Crippen molar-refractivity contribution in [3.63, 3.8) is 0 Å². The number of anilines is 2. The molecule has 0 saturated carbocycles. The molecule has 1 saturated heterocycles. The van der Waals surface area contributed by atoms with E-state index in [9.17, 15) is 9.59 Å². The van der Waals surface area contributed by atoms with E-state index in [0.29, 0.717) is 17.0 Å². The number of hydrogen-bond donors (Lipinski definition) is 1. The fourth-order valence-corrected chi connectivity index (χ4v) is 6.23. The van der Waals surface area contributed by atoms with Crippen LogP contribution in [0.2, 0.25) is 5.02 Å². The van der Waals surface area contributed by atoms with Crippen LogP contribution in [0.4, 0.5) is 11.4 Å². The van der Waals surface area contributed by atoms with Crippen LogP contribution in [0, 0.1) is 6.92 Å². The molecule has 0 aromatic heterocycles. The Balaban J connectivity index is 1.11. The van der Waals surface area contributed by atoms with E-state index in [0.717, 1.165) is 65.9 Å². The third-order valence-electron chi connectivity index (χ3n) is 7.14. The van der Waals surface area contributed by atoms with Crippen LogP contribution in [0.5, 0.6) is 0 Å². The Morgan fingerprint density at radius 3 is 2.59 bits per heavy atom. The maximum Gasteiger partial charge on any atom is 0.264 e. The Labute approximate surface area is 239 Å². The summed E-state index contributed by atoms with van der Waals surface area (Å²) in [4.78, 5) is 34.0. The zero-order valence-electron chi connectivity index (χ0n) is 22.3. The molecule has 5 rings (SSSR count). The number of nitrogens with one attached hydrogen (secondary N) is 1. The monoisotopic (exact) mass is 560 g/mol. The van der Waals surface area contributed by atoms with Crippen LogP contribution in [-0.4, -0.2) is 63.0 Å². The number of thioether (sulfide) groups is 1. The van der Waals surface area contributed by atoms with Crippen LogP contribution in [0.15, 0.2) is 76.5 Å². The van der Waals surface area contributed by atoms with Crippen molar-refractivity contribution in [2.45, 2.75) is 18.2 Å². The number of nitrogens with zero attached hydrogens (tertiary/aromatic N) is 3. The second-order valence-corrected chi connectivity index (χ2v) is 11.5. The average Bonchev–Trinajstić information content (AvgIpc) is 2.94. The summed E-state index contributed by atoms with van der Waals surface area (Å²) >= 11 is 7.59. The van der Waals surface area contributed by atoms with Gasteiger partial charge in [-0.25, -0.2) is 0 Å². The van der Waals surface area contributed by atoms with Crippen molar-refractivity contribution < 1.29 is 9.59 Å². The lowest BCUT2D eigenvalue weighted by molar-refractivity contribution is -0.114. The SMILES string of the molecule is Cc1cccc(C=C2Sc3ccc(C(=O)NCCCN4CCN(c5cccc(Cl)c5)CC4)cc3N(C)C2=O)c1. The second kappa shape index (κ2) is 12.3. The number of benzene rings is 3. The topological polar surface area (TPSA) is 55.9 Å². The predicted octanol–water partition coefficient (Wildman–Crippen LogP) is 5.70. The molecule has 8 heteroatoms. The van der Waals surface area contributed by atoms with Crippen molar-refractivity contribution in [3.05, 3.63) is 93.3 Å². The van der Waals surface area contributed by atoms with Crippen molar-refractivity contribution in [2.24, 2.45) is 0 Å². The number of fused-ring (bicyclic) bond motifs is 1. The first-order valence-corrected chi connectivity index (χ1v) is 14.5. The fourth-order valence-electron chi connectivity index (χ4n) is 4.96. The standard InChI is InChI=1S/C31H33ClN4O2S/c1-22-6-3-7-23(18-22)19-29-31(38)34(2)27-20-24(10-11-28(27)39-29)30(37)33-12-5-13-35-14-16-36(17-15-35)26-9-4-8-25(32)21-26/h3-4,6-11,18-21H,5,12-17H2,1-2H3,(H,33,37). The summed E-state index contributed by atoms with van der Waals surface area (Å²) in [6.45, 7) is 7.50. The number of hydrogen-bond acceptors (Lipinski definition) is 5. The first-order chi connectivity index (χ1) is 18.9. The van der Waals surface area contributed by atoms with E-state index in [-0.39, 0.29) is 11.8 Å². The van der Waals surface area contributed by atoms with E-state index in [1.807, 2.05) is 67.6 Å². The number of piperazine rings is 1. The lowest BCUT2D eigenvalue weighted by Gasteiger charge is -2.36. The summed E-state index contributed by atoms with van der Waals surface area (Å²) in [6, 6.07) is 21.7. The summed E-state index contributed by atoms with van der Waals surface area (Å²) in [5.74, 6) is -0.183. The highest BCUT2D eigenvalue weighted by Gasteiger charge is 2.27. The molecule has 0 bridgehead atoms. The summed E-state index contributed by atoms with van der Waals surface area (Å²) in [5, 5.41) is 3.81. The fraction of sp³-hybridized carbons (Fsp3) is 0.290. The predicted molar refractivity (Wildman–Crippen MR) is 162 cm³/mol. The Hall–Kier alpha value is -3.26. The molecule has 6 nitrogen and oxygen atoms in total. The van der Waals surface area contributed by atoms with E-state index < -0.39 is 0 Å². The number of likely N-dealkylation sites (N-methyl/N-ethyl adjacent to an activating group) is 1. The number of aryl methyl sites for hydroxylation is 1. The Kier molecular flexibility index (Phi) is 8.60. The van der Waals surface area contributed by atoms with Crippen molar-refractivity contribution in [1.82, 2.24) is 10.2 Å². The maximum atomic E-state index is 13.1. The molecule has 2 aliphatic rings. The van der Waals surface area contributed by atoms with E-state index >= 15 is 0 Å². The molecule has 2 heterocycles.